The number of fused-ring (bicyclic) bond motifs is 1. The molecule has 2 fully saturated rings. The SMILES string of the molecule is NCCc1ccc(Br)cc1N1CCCN2CCCC2C1. The van der Waals surface area contributed by atoms with E-state index in [0.29, 0.717) is 0 Å². The van der Waals surface area contributed by atoms with Crippen molar-refractivity contribution >= 4 is 21.6 Å². The molecule has 1 unspecified atom stereocenters. The van der Waals surface area contributed by atoms with Crippen LogP contribution in [0.5, 0.6) is 0 Å². The third-order valence-electron chi connectivity index (χ3n) is 4.61. The maximum atomic E-state index is 5.77. The molecule has 0 aromatic heterocycles. The van der Waals surface area contributed by atoms with Crippen LogP contribution in [-0.4, -0.2) is 43.7 Å². The van der Waals surface area contributed by atoms with Gasteiger partial charge in [-0.1, -0.05) is 22.0 Å². The third kappa shape index (κ3) is 3.02. The molecule has 110 valence electrons. The summed E-state index contributed by atoms with van der Waals surface area (Å²) < 4.78 is 1.17. The fourth-order valence-electron chi connectivity index (χ4n) is 3.62. The van der Waals surface area contributed by atoms with Crippen molar-refractivity contribution in [3.05, 3.63) is 28.2 Å². The zero-order valence-electron chi connectivity index (χ0n) is 12.0. The van der Waals surface area contributed by atoms with Crippen molar-refractivity contribution in [2.24, 2.45) is 5.73 Å². The van der Waals surface area contributed by atoms with Crippen molar-refractivity contribution in [3.8, 4) is 0 Å². The molecule has 1 atom stereocenters. The lowest BCUT2D eigenvalue weighted by Crippen LogP contribution is -2.37. The van der Waals surface area contributed by atoms with Gasteiger partial charge >= 0.3 is 0 Å². The molecule has 3 nitrogen and oxygen atoms in total. The Morgan fingerprint density at radius 2 is 2.05 bits per heavy atom. The second-order valence-electron chi connectivity index (χ2n) is 5.94. The molecule has 2 heterocycles. The predicted molar refractivity (Wildman–Crippen MR) is 88.3 cm³/mol. The molecule has 2 saturated heterocycles. The molecular formula is C16H24BrN3. The highest BCUT2D eigenvalue weighted by Gasteiger charge is 2.29. The highest BCUT2D eigenvalue weighted by atomic mass is 79.9. The van der Waals surface area contributed by atoms with E-state index < -0.39 is 0 Å². The van der Waals surface area contributed by atoms with E-state index in [0.717, 1.165) is 19.0 Å². The van der Waals surface area contributed by atoms with Gasteiger partial charge in [-0.15, -0.1) is 0 Å². The quantitative estimate of drug-likeness (QED) is 0.920. The van der Waals surface area contributed by atoms with E-state index >= 15 is 0 Å². The van der Waals surface area contributed by atoms with Gasteiger partial charge in [0.2, 0.25) is 0 Å². The van der Waals surface area contributed by atoms with Gasteiger partial charge in [0.05, 0.1) is 0 Å². The molecule has 0 radical (unpaired) electrons. The van der Waals surface area contributed by atoms with E-state index in [2.05, 4.69) is 43.9 Å². The minimum atomic E-state index is 0.720. The Morgan fingerprint density at radius 1 is 1.20 bits per heavy atom. The predicted octanol–water partition coefficient (Wildman–Crippen LogP) is 2.62. The summed E-state index contributed by atoms with van der Waals surface area (Å²) in [5.41, 5.74) is 8.55. The van der Waals surface area contributed by atoms with Crippen LogP contribution in [0, 0.1) is 0 Å². The second kappa shape index (κ2) is 6.46. The number of hydrogen-bond acceptors (Lipinski definition) is 3. The van der Waals surface area contributed by atoms with Crippen molar-refractivity contribution in [1.82, 2.24) is 4.90 Å². The Balaban J connectivity index is 1.85. The fourth-order valence-corrected chi connectivity index (χ4v) is 3.97. The molecule has 0 spiro atoms. The summed E-state index contributed by atoms with van der Waals surface area (Å²) in [6.07, 6.45) is 4.96. The van der Waals surface area contributed by atoms with E-state index in [1.54, 1.807) is 0 Å². The van der Waals surface area contributed by atoms with E-state index in [1.807, 2.05) is 0 Å². The molecule has 2 aliphatic rings. The summed E-state index contributed by atoms with van der Waals surface area (Å²) in [5, 5.41) is 0. The van der Waals surface area contributed by atoms with Crippen LogP contribution in [0.15, 0.2) is 22.7 Å². The molecule has 0 saturated carbocycles. The van der Waals surface area contributed by atoms with Crippen molar-refractivity contribution in [2.45, 2.75) is 31.7 Å². The molecular weight excluding hydrogens is 314 g/mol. The van der Waals surface area contributed by atoms with E-state index in [4.69, 9.17) is 5.73 Å². The molecule has 0 bridgehead atoms. The van der Waals surface area contributed by atoms with Gasteiger partial charge in [0, 0.05) is 35.8 Å². The van der Waals surface area contributed by atoms with Gasteiger partial charge in [-0.05, 0) is 56.5 Å². The maximum Gasteiger partial charge on any atom is 0.0411 e. The van der Waals surface area contributed by atoms with Crippen molar-refractivity contribution in [2.75, 3.05) is 37.6 Å². The molecule has 2 N–H and O–H groups in total. The molecule has 1 aromatic rings. The van der Waals surface area contributed by atoms with Gasteiger partial charge in [0.15, 0.2) is 0 Å². The smallest absolute Gasteiger partial charge is 0.0411 e. The lowest BCUT2D eigenvalue weighted by atomic mass is 10.1. The summed E-state index contributed by atoms with van der Waals surface area (Å²) in [7, 11) is 0. The number of benzene rings is 1. The van der Waals surface area contributed by atoms with Crippen molar-refractivity contribution in [3.63, 3.8) is 0 Å². The standard InChI is InChI=1S/C16H24BrN3/c17-14-5-4-13(6-7-18)16(11-14)20-10-2-9-19-8-1-3-15(19)12-20/h4-5,11,15H,1-3,6-10,12,18H2. The summed E-state index contributed by atoms with van der Waals surface area (Å²) >= 11 is 3.62. The molecule has 1 aromatic carbocycles. The monoisotopic (exact) mass is 337 g/mol. The fraction of sp³-hybridized carbons (Fsp3) is 0.625. The number of hydrogen-bond donors (Lipinski definition) is 1. The maximum absolute atomic E-state index is 5.77. The topological polar surface area (TPSA) is 32.5 Å². The summed E-state index contributed by atoms with van der Waals surface area (Å²) in [5.74, 6) is 0. The highest BCUT2D eigenvalue weighted by molar-refractivity contribution is 9.10. The van der Waals surface area contributed by atoms with E-state index in [1.165, 1.54) is 61.2 Å². The Hall–Kier alpha value is -0.580. The van der Waals surface area contributed by atoms with Crippen LogP contribution >= 0.6 is 15.9 Å². The average molecular weight is 338 g/mol. The number of anilines is 1. The van der Waals surface area contributed by atoms with Gasteiger partial charge in [-0.25, -0.2) is 0 Å². The van der Waals surface area contributed by atoms with E-state index in [9.17, 15) is 0 Å². The number of rotatable bonds is 3. The first-order valence-electron chi connectivity index (χ1n) is 7.75. The highest BCUT2D eigenvalue weighted by Crippen LogP contribution is 2.29. The molecule has 2 aliphatic heterocycles. The Kier molecular flexibility index (Phi) is 4.64. The first-order valence-corrected chi connectivity index (χ1v) is 8.55. The van der Waals surface area contributed by atoms with Crippen molar-refractivity contribution < 1.29 is 0 Å². The van der Waals surface area contributed by atoms with Crippen LogP contribution in [0.25, 0.3) is 0 Å². The number of halogens is 1. The average Bonchev–Trinajstić information content (AvgIpc) is 2.78. The normalized spacial score (nSPS) is 23.7. The van der Waals surface area contributed by atoms with Crippen LogP contribution in [0.3, 0.4) is 0 Å². The molecule has 0 aliphatic carbocycles. The van der Waals surface area contributed by atoms with E-state index in [-0.39, 0.29) is 0 Å². The first kappa shape index (κ1) is 14.4. The molecule has 3 rings (SSSR count). The first-order chi connectivity index (χ1) is 9.78. The summed E-state index contributed by atoms with van der Waals surface area (Å²) in [6.45, 7) is 5.63. The lowest BCUT2D eigenvalue weighted by molar-refractivity contribution is 0.273. The minimum Gasteiger partial charge on any atom is -0.370 e. The summed E-state index contributed by atoms with van der Waals surface area (Å²) in [6, 6.07) is 7.38. The largest absolute Gasteiger partial charge is 0.370 e. The number of nitrogens with two attached hydrogens (primary N) is 1. The lowest BCUT2D eigenvalue weighted by Gasteiger charge is -2.29. The minimum absolute atomic E-state index is 0.720. The van der Waals surface area contributed by atoms with Gasteiger partial charge in [0.25, 0.3) is 0 Å². The number of nitrogens with zero attached hydrogens (tertiary/aromatic N) is 2. The Labute approximate surface area is 130 Å². The van der Waals surface area contributed by atoms with Crippen LogP contribution < -0.4 is 10.6 Å². The zero-order chi connectivity index (χ0) is 13.9. The van der Waals surface area contributed by atoms with Crippen molar-refractivity contribution in [1.29, 1.82) is 0 Å². The molecule has 4 heteroatoms. The zero-order valence-corrected chi connectivity index (χ0v) is 13.6. The van der Waals surface area contributed by atoms with Gasteiger partial charge in [-0.3, -0.25) is 4.90 Å². The van der Waals surface area contributed by atoms with Crippen LogP contribution in [-0.2, 0) is 6.42 Å². The second-order valence-corrected chi connectivity index (χ2v) is 6.86. The van der Waals surface area contributed by atoms with Crippen LogP contribution in [0.2, 0.25) is 0 Å². The Morgan fingerprint density at radius 3 is 2.90 bits per heavy atom. The Bertz CT molecular complexity index is 463. The van der Waals surface area contributed by atoms with Crippen LogP contribution in [0.4, 0.5) is 5.69 Å². The molecule has 20 heavy (non-hydrogen) atoms. The van der Waals surface area contributed by atoms with Gasteiger partial charge < -0.3 is 10.6 Å². The third-order valence-corrected chi connectivity index (χ3v) is 5.10. The van der Waals surface area contributed by atoms with Gasteiger partial charge in [-0.2, -0.15) is 0 Å². The molecule has 0 amide bonds. The summed E-state index contributed by atoms with van der Waals surface area (Å²) in [4.78, 5) is 5.27. The van der Waals surface area contributed by atoms with Crippen LogP contribution in [0.1, 0.15) is 24.8 Å². The van der Waals surface area contributed by atoms with Gasteiger partial charge in [0.1, 0.15) is 0 Å².